The minimum Gasteiger partial charge on any atom is -0.496 e. The maximum atomic E-state index is 12.5. The molecule has 148 valence electrons. The molecule has 0 bridgehead atoms. The lowest BCUT2D eigenvalue weighted by atomic mass is 10.1. The lowest BCUT2D eigenvalue weighted by molar-refractivity contribution is -0.137. The number of benzene rings is 2. The summed E-state index contributed by atoms with van der Waals surface area (Å²) in [5, 5.41) is 13.6. The summed E-state index contributed by atoms with van der Waals surface area (Å²) < 4.78 is 10.6. The Balaban J connectivity index is 2.05. The minimum absolute atomic E-state index is 0.0495. The van der Waals surface area contributed by atoms with Crippen molar-refractivity contribution in [3.63, 3.8) is 0 Å². The molecular formula is C20H22N2O6. The number of anilines is 1. The Bertz CT molecular complexity index is 852. The molecule has 0 heterocycles. The zero-order valence-corrected chi connectivity index (χ0v) is 15.9. The molecule has 8 heteroatoms. The van der Waals surface area contributed by atoms with E-state index in [0.717, 1.165) is 5.56 Å². The first-order valence-electron chi connectivity index (χ1n) is 8.45. The van der Waals surface area contributed by atoms with Crippen molar-refractivity contribution >= 4 is 23.5 Å². The first kappa shape index (κ1) is 20.8. The van der Waals surface area contributed by atoms with Crippen molar-refractivity contribution in [3.8, 4) is 11.5 Å². The molecule has 2 amide bonds. The molecule has 0 radical (unpaired) electrons. The van der Waals surface area contributed by atoms with Gasteiger partial charge in [0.15, 0.2) is 0 Å². The van der Waals surface area contributed by atoms with Crippen molar-refractivity contribution < 1.29 is 29.0 Å². The van der Waals surface area contributed by atoms with E-state index < -0.39 is 18.4 Å². The van der Waals surface area contributed by atoms with Crippen LogP contribution in [0.1, 0.15) is 21.5 Å². The minimum atomic E-state index is -1.10. The van der Waals surface area contributed by atoms with Gasteiger partial charge < -0.3 is 25.2 Å². The van der Waals surface area contributed by atoms with Crippen LogP contribution >= 0.6 is 0 Å². The third kappa shape index (κ3) is 5.47. The number of carbonyl (C=O) groups is 3. The SMILES string of the molecule is COc1cc(C(=O)Nc2ccc(CC(=O)NCC(=O)O)cc2)cc(OC)c1C. The Kier molecular flexibility index (Phi) is 6.97. The fraction of sp³-hybridized carbons (Fsp3) is 0.250. The highest BCUT2D eigenvalue weighted by Gasteiger charge is 2.14. The smallest absolute Gasteiger partial charge is 0.322 e. The quantitative estimate of drug-likeness (QED) is 0.639. The maximum absolute atomic E-state index is 12.5. The second-order valence-corrected chi connectivity index (χ2v) is 6.00. The summed E-state index contributed by atoms with van der Waals surface area (Å²) in [6.07, 6.45) is 0.0495. The molecule has 0 atom stereocenters. The summed E-state index contributed by atoms with van der Waals surface area (Å²) in [6, 6.07) is 9.97. The molecule has 0 aromatic heterocycles. The molecule has 3 N–H and O–H groups in total. The van der Waals surface area contributed by atoms with E-state index in [4.69, 9.17) is 14.6 Å². The number of methoxy groups -OCH3 is 2. The fourth-order valence-electron chi connectivity index (χ4n) is 2.55. The van der Waals surface area contributed by atoms with Gasteiger partial charge in [-0.25, -0.2) is 0 Å². The molecule has 2 aromatic carbocycles. The summed E-state index contributed by atoms with van der Waals surface area (Å²) in [5.74, 6) is -0.725. The molecule has 8 nitrogen and oxygen atoms in total. The molecular weight excluding hydrogens is 364 g/mol. The highest BCUT2D eigenvalue weighted by atomic mass is 16.5. The molecule has 0 unspecified atom stereocenters. The first-order valence-corrected chi connectivity index (χ1v) is 8.45. The van der Waals surface area contributed by atoms with Crippen LogP contribution in [0.5, 0.6) is 11.5 Å². The Hall–Kier alpha value is -3.55. The predicted octanol–water partition coefficient (Wildman–Crippen LogP) is 2.01. The molecule has 0 saturated heterocycles. The Labute approximate surface area is 162 Å². The number of rotatable bonds is 8. The van der Waals surface area contributed by atoms with Crippen molar-refractivity contribution in [2.45, 2.75) is 13.3 Å². The third-order valence-electron chi connectivity index (χ3n) is 4.03. The second-order valence-electron chi connectivity index (χ2n) is 6.00. The number of ether oxygens (including phenoxy) is 2. The van der Waals surface area contributed by atoms with E-state index in [-0.39, 0.29) is 12.3 Å². The van der Waals surface area contributed by atoms with Crippen LogP contribution in [-0.4, -0.2) is 43.7 Å². The molecule has 0 aliphatic heterocycles. The van der Waals surface area contributed by atoms with Gasteiger partial charge in [-0.1, -0.05) is 12.1 Å². The van der Waals surface area contributed by atoms with Crippen molar-refractivity contribution in [2.24, 2.45) is 0 Å². The van der Waals surface area contributed by atoms with E-state index in [1.807, 2.05) is 6.92 Å². The van der Waals surface area contributed by atoms with Crippen LogP contribution in [0.4, 0.5) is 5.69 Å². The number of carboxylic acids is 1. The number of amides is 2. The molecule has 0 spiro atoms. The molecule has 0 aliphatic carbocycles. The standard InChI is InChI=1S/C20H22N2O6/c1-12-16(27-2)9-14(10-17(12)28-3)20(26)22-15-6-4-13(5-7-15)8-18(23)21-11-19(24)25/h4-7,9-10H,8,11H2,1-3H3,(H,21,23)(H,22,26)(H,24,25). The van der Waals surface area contributed by atoms with Gasteiger partial charge in [0.1, 0.15) is 18.0 Å². The van der Waals surface area contributed by atoms with Gasteiger partial charge in [0, 0.05) is 16.8 Å². The predicted molar refractivity (Wildman–Crippen MR) is 103 cm³/mol. The van der Waals surface area contributed by atoms with E-state index in [2.05, 4.69) is 10.6 Å². The van der Waals surface area contributed by atoms with Gasteiger partial charge in [0.2, 0.25) is 5.91 Å². The molecule has 0 aliphatic rings. The lowest BCUT2D eigenvalue weighted by Gasteiger charge is -2.13. The largest absolute Gasteiger partial charge is 0.496 e. The van der Waals surface area contributed by atoms with Crippen LogP contribution in [0.15, 0.2) is 36.4 Å². The van der Waals surface area contributed by atoms with Crippen molar-refractivity contribution in [1.29, 1.82) is 0 Å². The molecule has 0 saturated carbocycles. The van der Waals surface area contributed by atoms with Gasteiger partial charge in [-0.2, -0.15) is 0 Å². The van der Waals surface area contributed by atoms with E-state index >= 15 is 0 Å². The van der Waals surface area contributed by atoms with Crippen LogP contribution in [0.2, 0.25) is 0 Å². The van der Waals surface area contributed by atoms with Crippen LogP contribution in [0.25, 0.3) is 0 Å². The Morgan fingerprint density at radius 1 is 1.00 bits per heavy atom. The van der Waals surface area contributed by atoms with Gasteiger partial charge in [-0.3, -0.25) is 14.4 Å². The van der Waals surface area contributed by atoms with Gasteiger partial charge in [0.05, 0.1) is 20.6 Å². The summed E-state index contributed by atoms with van der Waals surface area (Å²) in [6.45, 7) is 1.42. The monoisotopic (exact) mass is 386 g/mol. The van der Waals surface area contributed by atoms with E-state index in [0.29, 0.717) is 28.3 Å². The normalized spacial score (nSPS) is 10.1. The molecule has 2 aromatic rings. The van der Waals surface area contributed by atoms with Crippen LogP contribution in [0.3, 0.4) is 0 Å². The zero-order chi connectivity index (χ0) is 20.7. The van der Waals surface area contributed by atoms with Crippen LogP contribution < -0.4 is 20.1 Å². The number of nitrogens with one attached hydrogen (secondary N) is 2. The van der Waals surface area contributed by atoms with Crippen molar-refractivity contribution in [2.75, 3.05) is 26.1 Å². The summed E-state index contributed by atoms with van der Waals surface area (Å²) in [4.78, 5) is 34.6. The van der Waals surface area contributed by atoms with Gasteiger partial charge >= 0.3 is 5.97 Å². The number of carboxylic acid groups (broad SMARTS) is 1. The Morgan fingerprint density at radius 2 is 1.57 bits per heavy atom. The van der Waals surface area contributed by atoms with Crippen LogP contribution in [-0.2, 0) is 16.0 Å². The average molecular weight is 386 g/mol. The number of hydrogen-bond acceptors (Lipinski definition) is 5. The van der Waals surface area contributed by atoms with Crippen LogP contribution in [0, 0.1) is 6.92 Å². The molecule has 28 heavy (non-hydrogen) atoms. The first-order chi connectivity index (χ1) is 13.3. The topological polar surface area (TPSA) is 114 Å². The summed E-state index contributed by atoms with van der Waals surface area (Å²) in [7, 11) is 3.05. The van der Waals surface area contributed by atoms with Gasteiger partial charge in [-0.05, 0) is 36.8 Å². The van der Waals surface area contributed by atoms with Gasteiger partial charge in [-0.15, -0.1) is 0 Å². The highest BCUT2D eigenvalue weighted by Crippen LogP contribution is 2.29. The number of hydrogen-bond donors (Lipinski definition) is 3. The Morgan fingerprint density at radius 3 is 2.07 bits per heavy atom. The van der Waals surface area contributed by atoms with E-state index in [1.54, 1.807) is 36.4 Å². The average Bonchev–Trinajstić information content (AvgIpc) is 2.68. The highest BCUT2D eigenvalue weighted by molar-refractivity contribution is 6.05. The zero-order valence-electron chi connectivity index (χ0n) is 15.9. The molecule has 2 rings (SSSR count). The van der Waals surface area contributed by atoms with E-state index in [9.17, 15) is 14.4 Å². The fourth-order valence-corrected chi connectivity index (χ4v) is 2.55. The second kappa shape index (κ2) is 9.40. The summed E-state index contributed by atoms with van der Waals surface area (Å²) in [5.41, 5.74) is 2.43. The van der Waals surface area contributed by atoms with Gasteiger partial charge in [0.25, 0.3) is 5.91 Å². The molecule has 0 fully saturated rings. The lowest BCUT2D eigenvalue weighted by Crippen LogP contribution is -2.30. The van der Waals surface area contributed by atoms with Crippen molar-refractivity contribution in [1.82, 2.24) is 5.32 Å². The van der Waals surface area contributed by atoms with Crippen molar-refractivity contribution in [3.05, 3.63) is 53.1 Å². The third-order valence-corrected chi connectivity index (χ3v) is 4.03. The van der Waals surface area contributed by atoms with E-state index in [1.165, 1.54) is 14.2 Å². The number of carbonyl (C=O) groups excluding carboxylic acids is 2. The maximum Gasteiger partial charge on any atom is 0.322 e. The summed E-state index contributed by atoms with van der Waals surface area (Å²) >= 11 is 0. The number of aliphatic carboxylic acids is 1.